The second-order valence-electron chi connectivity index (χ2n) is 9.75. The zero-order valence-electron chi connectivity index (χ0n) is 20.5. The quantitative estimate of drug-likeness (QED) is 0.152. The predicted octanol–water partition coefficient (Wildman–Crippen LogP) is 9.96. The minimum Gasteiger partial charge on any atom is -0.103 e. The van der Waals surface area contributed by atoms with Crippen LogP contribution in [0.3, 0.4) is 0 Å². The molecule has 0 saturated heterocycles. The second kappa shape index (κ2) is 21.3. The van der Waals surface area contributed by atoms with E-state index in [9.17, 15) is 0 Å². The molecule has 0 spiro atoms. The van der Waals surface area contributed by atoms with Crippen molar-refractivity contribution in [2.24, 2.45) is 17.8 Å². The summed E-state index contributed by atoms with van der Waals surface area (Å²) in [6.07, 6.45) is 24.7. The Balaban J connectivity index is 3.39. The van der Waals surface area contributed by atoms with E-state index in [1.54, 1.807) is 0 Å². The molecule has 166 valence electrons. The number of rotatable bonds is 19. The highest BCUT2D eigenvalue weighted by atomic mass is 14.1. The molecule has 3 atom stereocenters. The Bertz CT molecular complexity index is 358. The van der Waals surface area contributed by atoms with Crippen molar-refractivity contribution >= 4 is 0 Å². The van der Waals surface area contributed by atoms with Crippen molar-refractivity contribution in [3.8, 4) is 11.8 Å². The van der Waals surface area contributed by atoms with Gasteiger partial charge in [0.15, 0.2) is 0 Å². The summed E-state index contributed by atoms with van der Waals surface area (Å²) in [5, 5.41) is 0. The van der Waals surface area contributed by atoms with Crippen LogP contribution < -0.4 is 0 Å². The predicted molar refractivity (Wildman–Crippen MR) is 130 cm³/mol. The van der Waals surface area contributed by atoms with Crippen LogP contribution in [0.15, 0.2) is 0 Å². The van der Waals surface area contributed by atoms with Gasteiger partial charge < -0.3 is 0 Å². The van der Waals surface area contributed by atoms with Crippen LogP contribution in [0.4, 0.5) is 0 Å². The minimum absolute atomic E-state index is 0.779. The maximum absolute atomic E-state index is 3.45. The Morgan fingerprint density at radius 1 is 0.464 bits per heavy atom. The summed E-state index contributed by atoms with van der Waals surface area (Å²) in [6, 6.07) is 0. The lowest BCUT2D eigenvalue weighted by molar-refractivity contribution is 0.407. The van der Waals surface area contributed by atoms with Crippen molar-refractivity contribution in [2.75, 3.05) is 0 Å². The molecule has 28 heavy (non-hydrogen) atoms. The van der Waals surface area contributed by atoms with Gasteiger partial charge in [-0.05, 0) is 30.6 Å². The summed E-state index contributed by atoms with van der Waals surface area (Å²) >= 11 is 0. The summed E-state index contributed by atoms with van der Waals surface area (Å²) in [6.45, 7) is 11.8. The highest BCUT2D eigenvalue weighted by Gasteiger charge is 2.05. The van der Waals surface area contributed by atoms with Gasteiger partial charge in [-0.25, -0.2) is 0 Å². The van der Waals surface area contributed by atoms with Gasteiger partial charge in [0.25, 0.3) is 0 Å². The van der Waals surface area contributed by atoms with Gasteiger partial charge in [0, 0.05) is 12.8 Å². The molecule has 0 fully saturated rings. The van der Waals surface area contributed by atoms with E-state index in [1.807, 2.05) is 0 Å². The van der Waals surface area contributed by atoms with Gasteiger partial charge in [-0.15, -0.1) is 11.8 Å². The van der Waals surface area contributed by atoms with E-state index < -0.39 is 0 Å². The number of hydrogen-bond donors (Lipinski definition) is 0. The van der Waals surface area contributed by atoms with Crippen LogP contribution in [0.5, 0.6) is 0 Å². The average molecular weight is 391 g/mol. The maximum atomic E-state index is 3.45. The fourth-order valence-electron chi connectivity index (χ4n) is 3.99. The van der Waals surface area contributed by atoms with Gasteiger partial charge in [0.05, 0.1) is 0 Å². The van der Waals surface area contributed by atoms with Crippen LogP contribution in [0.2, 0.25) is 0 Å². The number of hydrogen-bond acceptors (Lipinski definition) is 0. The molecule has 0 amide bonds. The molecule has 0 nitrogen and oxygen atoms in total. The molecule has 0 bridgehead atoms. The molecule has 3 unspecified atom stereocenters. The molecule has 0 radical (unpaired) electrons. The molecule has 0 heteroatoms. The van der Waals surface area contributed by atoms with Crippen molar-refractivity contribution in [3.63, 3.8) is 0 Å². The molecule has 0 aromatic rings. The minimum atomic E-state index is 0.779. The molecular weight excluding hydrogens is 336 g/mol. The van der Waals surface area contributed by atoms with E-state index in [0.717, 1.165) is 30.6 Å². The molecule has 0 heterocycles. The van der Waals surface area contributed by atoms with Crippen molar-refractivity contribution in [3.05, 3.63) is 0 Å². The van der Waals surface area contributed by atoms with E-state index in [0.29, 0.717) is 0 Å². The van der Waals surface area contributed by atoms with E-state index >= 15 is 0 Å². The van der Waals surface area contributed by atoms with Crippen molar-refractivity contribution < 1.29 is 0 Å². The van der Waals surface area contributed by atoms with Crippen LogP contribution in [-0.4, -0.2) is 0 Å². The zero-order chi connectivity index (χ0) is 20.9. The van der Waals surface area contributed by atoms with Crippen LogP contribution in [-0.2, 0) is 0 Å². The Hall–Kier alpha value is -0.440. The van der Waals surface area contributed by atoms with Crippen LogP contribution in [0, 0.1) is 29.6 Å². The first-order valence-corrected chi connectivity index (χ1v) is 13.1. The van der Waals surface area contributed by atoms with Crippen molar-refractivity contribution in [1.29, 1.82) is 0 Å². The molecule has 0 aromatic heterocycles. The van der Waals surface area contributed by atoms with Crippen molar-refractivity contribution in [1.82, 2.24) is 0 Å². The number of unbranched alkanes of at least 4 members (excludes halogenated alkanes) is 9. The van der Waals surface area contributed by atoms with Crippen LogP contribution in [0.1, 0.15) is 150 Å². The molecule has 0 N–H and O–H groups in total. The Morgan fingerprint density at radius 2 is 0.929 bits per heavy atom. The molecule has 0 aliphatic heterocycles. The summed E-state index contributed by atoms with van der Waals surface area (Å²) < 4.78 is 0. The topological polar surface area (TPSA) is 0 Å². The lowest BCUT2D eigenvalue weighted by atomic mass is 9.93. The molecule has 0 aromatic carbocycles. The maximum Gasteiger partial charge on any atom is 0.0114 e. The van der Waals surface area contributed by atoms with Crippen molar-refractivity contribution in [2.45, 2.75) is 150 Å². The highest BCUT2D eigenvalue weighted by molar-refractivity contribution is 4.99. The monoisotopic (exact) mass is 390 g/mol. The Kier molecular flexibility index (Phi) is 20.9. The van der Waals surface area contributed by atoms with E-state index in [4.69, 9.17) is 0 Å². The lowest BCUT2D eigenvalue weighted by Crippen LogP contribution is -2.00. The molecule has 0 rings (SSSR count). The van der Waals surface area contributed by atoms with Crippen LogP contribution in [0.25, 0.3) is 0 Å². The van der Waals surface area contributed by atoms with E-state index in [2.05, 4.69) is 46.5 Å². The molecule has 0 aliphatic rings. The lowest BCUT2D eigenvalue weighted by Gasteiger charge is -2.13. The molecule has 0 aliphatic carbocycles. The molecule has 0 saturated carbocycles. The average Bonchev–Trinajstić information content (AvgIpc) is 2.69. The fraction of sp³-hybridized carbons (Fsp3) is 0.929. The summed E-state index contributed by atoms with van der Waals surface area (Å²) in [5.74, 6) is 9.51. The smallest absolute Gasteiger partial charge is 0.0114 e. The second-order valence-corrected chi connectivity index (χ2v) is 9.75. The largest absolute Gasteiger partial charge is 0.103 e. The van der Waals surface area contributed by atoms with Gasteiger partial charge in [-0.2, -0.15) is 0 Å². The molecular formula is C28H54. The third kappa shape index (κ3) is 20.3. The van der Waals surface area contributed by atoms with Gasteiger partial charge in [0.2, 0.25) is 0 Å². The first-order chi connectivity index (χ1) is 13.6. The van der Waals surface area contributed by atoms with E-state index in [-0.39, 0.29) is 0 Å². The van der Waals surface area contributed by atoms with Gasteiger partial charge in [-0.1, -0.05) is 125 Å². The third-order valence-corrected chi connectivity index (χ3v) is 6.33. The summed E-state index contributed by atoms with van der Waals surface area (Å²) in [7, 11) is 0. The third-order valence-electron chi connectivity index (χ3n) is 6.33. The van der Waals surface area contributed by atoms with Gasteiger partial charge >= 0.3 is 0 Å². The Labute approximate surface area is 180 Å². The first kappa shape index (κ1) is 27.6. The summed E-state index contributed by atoms with van der Waals surface area (Å²) in [4.78, 5) is 0. The normalized spacial score (nSPS) is 14.3. The van der Waals surface area contributed by atoms with Crippen LogP contribution >= 0.6 is 0 Å². The van der Waals surface area contributed by atoms with Gasteiger partial charge in [-0.3, -0.25) is 0 Å². The zero-order valence-corrected chi connectivity index (χ0v) is 20.5. The fourth-order valence-corrected chi connectivity index (χ4v) is 3.99. The Morgan fingerprint density at radius 3 is 1.54 bits per heavy atom. The van der Waals surface area contributed by atoms with Gasteiger partial charge in [0.1, 0.15) is 0 Å². The standard InChI is InChI=1S/C28H54/c1-6-8-20-26(3)22-18-16-14-12-10-11-13-15-17-19-23-28(5)25-24-27(4)21-9-7-2/h26-28H,6-16,18,20-25H2,1-5H3. The van der Waals surface area contributed by atoms with E-state index in [1.165, 1.54) is 103 Å². The SMILES string of the molecule is CCCCC(C)CCCCCCCCCC#CCC(C)CCC(C)CCCC. The highest BCUT2D eigenvalue weighted by Crippen LogP contribution is 2.19. The first-order valence-electron chi connectivity index (χ1n) is 13.1. The summed E-state index contributed by atoms with van der Waals surface area (Å²) in [5.41, 5.74) is 0.